The first-order valence-electron chi connectivity index (χ1n) is 14.0. The molecule has 42 heavy (non-hydrogen) atoms. The zero-order chi connectivity index (χ0) is 29.3. The molecule has 3 atom stereocenters. The van der Waals surface area contributed by atoms with E-state index in [4.69, 9.17) is 5.10 Å². The molecule has 10 heteroatoms. The van der Waals surface area contributed by atoms with Crippen LogP contribution in [0.3, 0.4) is 0 Å². The van der Waals surface area contributed by atoms with Crippen molar-refractivity contribution >= 4 is 34.3 Å². The van der Waals surface area contributed by atoms with E-state index < -0.39 is 18.1 Å². The number of aromatic nitrogens is 3. The van der Waals surface area contributed by atoms with Crippen molar-refractivity contribution in [1.82, 2.24) is 24.6 Å². The largest absolute Gasteiger partial charge is 0.332 e. The second-order valence-corrected chi connectivity index (χ2v) is 12.2. The Labute approximate surface area is 242 Å². The Kier molecular flexibility index (Phi) is 5.70. The lowest BCUT2D eigenvalue weighted by Crippen LogP contribution is -2.55. The van der Waals surface area contributed by atoms with Crippen molar-refractivity contribution in [3.8, 4) is 6.07 Å². The third-order valence-corrected chi connectivity index (χ3v) is 8.59. The zero-order valence-corrected chi connectivity index (χ0v) is 23.6. The molecule has 0 N–H and O–H groups in total. The summed E-state index contributed by atoms with van der Waals surface area (Å²) in [6.07, 6.45) is 1.97. The molecule has 2 aromatic heterocycles. The topological polar surface area (TPSA) is 115 Å². The first-order valence-corrected chi connectivity index (χ1v) is 14.0. The van der Waals surface area contributed by atoms with Gasteiger partial charge in [0.1, 0.15) is 23.5 Å². The van der Waals surface area contributed by atoms with Crippen molar-refractivity contribution in [3.05, 3.63) is 89.5 Å². The maximum Gasteiger partial charge on any atom is 0.332 e. The average Bonchev–Trinajstić information content (AvgIpc) is 3.75. The van der Waals surface area contributed by atoms with Crippen LogP contribution in [0.1, 0.15) is 54.6 Å². The van der Waals surface area contributed by atoms with E-state index in [0.29, 0.717) is 41.7 Å². The first-order chi connectivity index (χ1) is 20.2. The highest BCUT2D eigenvalue weighted by Crippen LogP contribution is 2.44. The van der Waals surface area contributed by atoms with Gasteiger partial charge in [-0.1, -0.05) is 75.4 Å². The van der Waals surface area contributed by atoms with Crippen LogP contribution in [-0.2, 0) is 16.8 Å². The number of benzene rings is 2. The van der Waals surface area contributed by atoms with E-state index in [-0.39, 0.29) is 29.0 Å². The molecular weight excluding hydrogens is 530 g/mol. The van der Waals surface area contributed by atoms with Gasteiger partial charge in [-0.2, -0.15) is 10.4 Å². The molecule has 3 unspecified atom stereocenters. The second-order valence-electron chi connectivity index (χ2n) is 12.2. The highest BCUT2D eigenvalue weighted by Gasteiger charge is 2.63. The van der Waals surface area contributed by atoms with Crippen molar-refractivity contribution in [3.63, 3.8) is 0 Å². The summed E-state index contributed by atoms with van der Waals surface area (Å²) in [5, 5.41) is 15.5. The highest BCUT2D eigenvalue weighted by molar-refractivity contribution is 6.25. The molecule has 2 bridgehead atoms. The standard InChI is InChI=1S/C32H29N7O3/c1-32(2,3)27-14-25(37(35-27)17-19-9-5-4-6-10-19)29(40)36-18-20-13-24(36)28-30(41)39(31(42)38(20)28)26-16-34-23(15-33)21-11-7-8-12-22(21)26/h4-12,14,16,20,24,28H,13,17-18H2,1-3H3. The smallest absolute Gasteiger partial charge is 0.330 e. The van der Waals surface area contributed by atoms with Gasteiger partial charge in [-0.05, 0) is 18.1 Å². The monoisotopic (exact) mass is 559 g/mol. The molecule has 4 amide bonds. The summed E-state index contributed by atoms with van der Waals surface area (Å²) in [7, 11) is 0. The van der Waals surface area contributed by atoms with Gasteiger partial charge in [-0.15, -0.1) is 0 Å². The third-order valence-electron chi connectivity index (χ3n) is 8.59. The highest BCUT2D eigenvalue weighted by atomic mass is 16.2. The third kappa shape index (κ3) is 3.80. The number of pyridine rings is 1. The maximum atomic E-state index is 14.2. The molecule has 3 fully saturated rings. The number of nitriles is 1. The van der Waals surface area contributed by atoms with E-state index >= 15 is 0 Å². The Balaban J connectivity index is 1.22. The normalized spacial score (nSPS) is 21.4. The molecule has 10 nitrogen and oxygen atoms in total. The molecule has 2 aromatic carbocycles. The number of hydrogen-bond donors (Lipinski definition) is 0. The minimum Gasteiger partial charge on any atom is -0.330 e. The lowest BCUT2D eigenvalue weighted by Gasteiger charge is -2.34. The molecule has 210 valence electrons. The number of amides is 4. The second kappa shape index (κ2) is 9.24. The first kappa shape index (κ1) is 25.9. The molecule has 3 aliphatic heterocycles. The van der Waals surface area contributed by atoms with Crippen molar-refractivity contribution in [2.75, 3.05) is 11.4 Å². The van der Waals surface area contributed by atoms with Crippen LogP contribution in [0, 0.1) is 11.3 Å². The molecule has 4 aromatic rings. The molecule has 0 radical (unpaired) electrons. The van der Waals surface area contributed by atoms with E-state index in [0.717, 1.165) is 11.3 Å². The molecule has 0 saturated carbocycles. The van der Waals surface area contributed by atoms with Crippen LogP contribution >= 0.6 is 0 Å². The Hall–Kier alpha value is -5.04. The van der Waals surface area contributed by atoms with Gasteiger partial charge in [0.2, 0.25) is 0 Å². The Morgan fingerprint density at radius 2 is 1.76 bits per heavy atom. The van der Waals surface area contributed by atoms with E-state index in [2.05, 4.69) is 31.8 Å². The van der Waals surface area contributed by atoms with Crippen LogP contribution in [0.4, 0.5) is 10.5 Å². The number of carbonyl (C=O) groups excluding carboxylic acids is 3. The minimum atomic E-state index is -0.776. The van der Waals surface area contributed by atoms with E-state index in [1.54, 1.807) is 38.7 Å². The van der Waals surface area contributed by atoms with Gasteiger partial charge in [0.05, 0.1) is 36.2 Å². The molecule has 3 saturated heterocycles. The molecule has 3 aliphatic rings. The molecule has 0 spiro atoms. The number of rotatable bonds is 4. The summed E-state index contributed by atoms with van der Waals surface area (Å²) >= 11 is 0. The number of anilines is 1. The van der Waals surface area contributed by atoms with Crippen LogP contribution in [0.25, 0.3) is 10.8 Å². The summed E-state index contributed by atoms with van der Waals surface area (Å²) in [5.74, 6) is -0.569. The number of urea groups is 1. The maximum absolute atomic E-state index is 14.2. The summed E-state index contributed by atoms with van der Waals surface area (Å²) in [5.41, 5.74) is 2.63. The van der Waals surface area contributed by atoms with E-state index in [9.17, 15) is 19.6 Å². The van der Waals surface area contributed by atoms with Crippen LogP contribution in [0.15, 0.2) is 66.9 Å². The summed E-state index contributed by atoms with van der Waals surface area (Å²) < 4.78 is 1.75. The summed E-state index contributed by atoms with van der Waals surface area (Å²) in [6, 6.07) is 19.0. The summed E-state index contributed by atoms with van der Waals surface area (Å²) in [6.45, 7) is 6.97. The zero-order valence-electron chi connectivity index (χ0n) is 23.6. The number of piperazine rings is 1. The van der Waals surface area contributed by atoms with Crippen molar-refractivity contribution < 1.29 is 14.4 Å². The number of hydrogen-bond acceptors (Lipinski definition) is 6. The Morgan fingerprint density at radius 1 is 1.05 bits per heavy atom. The van der Waals surface area contributed by atoms with Crippen LogP contribution in [0.5, 0.6) is 0 Å². The number of carbonyl (C=O) groups is 3. The number of nitrogens with zero attached hydrogens (tertiary/aromatic N) is 7. The van der Waals surface area contributed by atoms with E-state index in [1.165, 1.54) is 11.1 Å². The van der Waals surface area contributed by atoms with Gasteiger partial charge in [-0.3, -0.25) is 14.3 Å². The quantitative estimate of drug-likeness (QED) is 0.348. The number of imide groups is 1. The lowest BCUT2D eigenvalue weighted by atomic mass is 9.92. The number of fused-ring (bicyclic) bond motifs is 6. The van der Waals surface area contributed by atoms with E-state index in [1.807, 2.05) is 36.4 Å². The predicted octanol–water partition coefficient (Wildman–Crippen LogP) is 4.08. The fourth-order valence-electron chi connectivity index (χ4n) is 6.54. The average molecular weight is 560 g/mol. The van der Waals surface area contributed by atoms with Crippen molar-refractivity contribution in [2.24, 2.45) is 0 Å². The Bertz CT molecular complexity index is 1820. The predicted molar refractivity (Wildman–Crippen MR) is 155 cm³/mol. The minimum absolute atomic E-state index is 0.190. The van der Waals surface area contributed by atoms with Gasteiger partial charge in [0.25, 0.3) is 11.8 Å². The van der Waals surface area contributed by atoms with Crippen molar-refractivity contribution in [2.45, 2.75) is 57.3 Å². The molecule has 0 aliphatic carbocycles. The number of likely N-dealkylation sites (tertiary alicyclic amines) is 1. The van der Waals surface area contributed by atoms with Gasteiger partial charge in [-0.25, -0.2) is 14.7 Å². The SMILES string of the molecule is CC(C)(C)c1cc(C(=O)N2CC3CC2C2C(=O)N(c4cnc(C#N)c5ccccc45)C(=O)N32)n(Cc2ccccc2)n1. The van der Waals surface area contributed by atoms with Crippen molar-refractivity contribution in [1.29, 1.82) is 5.26 Å². The Morgan fingerprint density at radius 3 is 2.48 bits per heavy atom. The van der Waals surface area contributed by atoms with Crippen LogP contribution in [0.2, 0.25) is 0 Å². The summed E-state index contributed by atoms with van der Waals surface area (Å²) in [4.78, 5) is 50.6. The van der Waals surface area contributed by atoms with Crippen LogP contribution in [-0.4, -0.2) is 67.1 Å². The van der Waals surface area contributed by atoms with Crippen LogP contribution < -0.4 is 4.90 Å². The van der Waals surface area contributed by atoms with Gasteiger partial charge in [0, 0.05) is 22.7 Å². The van der Waals surface area contributed by atoms with Gasteiger partial charge in [0.15, 0.2) is 0 Å². The van der Waals surface area contributed by atoms with Gasteiger partial charge >= 0.3 is 6.03 Å². The lowest BCUT2D eigenvalue weighted by molar-refractivity contribution is -0.121. The molecular formula is C32H29N7O3. The van der Waals surface area contributed by atoms with Gasteiger partial charge < -0.3 is 9.80 Å². The fourth-order valence-corrected chi connectivity index (χ4v) is 6.54. The molecule has 7 rings (SSSR count). The molecule has 5 heterocycles. The fraction of sp³-hybridized carbons (Fsp3) is 0.312.